The molecule has 0 aliphatic carbocycles. The summed E-state index contributed by atoms with van der Waals surface area (Å²) in [6, 6.07) is 20.1. The van der Waals surface area contributed by atoms with Crippen LogP contribution in [0.15, 0.2) is 97.1 Å². The van der Waals surface area contributed by atoms with E-state index in [0.717, 1.165) is 10.5 Å². The molecule has 226 valence electrons. The minimum Gasteiger partial charge on any atom is -0.460 e. The van der Waals surface area contributed by atoms with Crippen LogP contribution < -0.4 is 5.32 Å². The number of carbonyl (C=O) groups excluding carboxylic acids is 4. The number of carbonyl (C=O) groups is 4. The largest absolute Gasteiger partial charge is 0.460 e. The standard InChI is InChI=1S/C31H27N3O9S/c1-19-18-44(41)29-25(28(36)33(29)26(19)31(38)43-17-21-12-14-23(15-13-21)34(39)40)32-27(35)24(22-10-6-3-7-11-22)30(37)42-16-20-8-4-2-5-9-20/h2-15,24-26,29H,1,16-18H2,(H,32,35)/t24?,25?,26?,29-,44?/m0/s1. The van der Waals surface area contributed by atoms with Crippen molar-refractivity contribution in [3.8, 4) is 0 Å². The number of non-ortho nitro benzene ring substituents is 1. The van der Waals surface area contributed by atoms with Crippen molar-refractivity contribution < 1.29 is 37.8 Å². The topological polar surface area (TPSA) is 162 Å². The van der Waals surface area contributed by atoms with E-state index in [9.17, 15) is 33.5 Å². The summed E-state index contributed by atoms with van der Waals surface area (Å²) in [5.41, 5.74) is 1.64. The summed E-state index contributed by atoms with van der Waals surface area (Å²) in [5.74, 6) is -4.66. The monoisotopic (exact) mass is 617 g/mol. The number of nitro benzene ring substituents is 1. The second-order valence-corrected chi connectivity index (χ2v) is 11.7. The molecule has 2 aliphatic heterocycles. The lowest BCUT2D eigenvalue weighted by molar-refractivity contribution is -0.384. The maximum atomic E-state index is 13.5. The SMILES string of the molecule is C=C1CS(=O)[C@H]2C(NC(=O)C(C(=O)OCc3ccccc3)c3ccccc3)C(=O)N2C1C(=O)OCc1ccc([N+](=O)[O-])cc1. The smallest absolute Gasteiger partial charge is 0.333 e. The van der Waals surface area contributed by atoms with Gasteiger partial charge in [-0.25, -0.2) is 4.79 Å². The Labute approximate surface area is 254 Å². The average molecular weight is 618 g/mol. The molecule has 0 saturated carbocycles. The number of nitrogens with zero attached hydrogens (tertiary/aromatic N) is 2. The molecule has 2 fully saturated rings. The number of benzene rings is 3. The molecule has 0 spiro atoms. The van der Waals surface area contributed by atoms with Gasteiger partial charge < -0.3 is 19.7 Å². The van der Waals surface area contributed by atoms with E-state index in [1.165, 1.54) is 24.3 Å². The number of fused-ring (bicyclic) bond motifs is 1. The Kier molecular flexibility index (Phi) is 8.95. The maximum absolute atomic E-state index is 13.5. The molecule has 4 unspecified atom stereocenters. The van der Waals surface area contributed by atoms with Crippen LogP contribution in [0.1, 0.15) is 22.6 Å². The highest BCUT2D eigenvalue weighted by Gasteiger charge is 2.59. The van der Waals surface area contributed by atoms with Crippen LogP contribution in [-0.2, 0) is 52.7 Å². The number of nitro groups is 1. The summed E-state index contributed by atoms with van der Waals surface area (Å²) in [5, 5.41) is 12.4. The molecule has 0 bridgehead atoms. The Morgan fingerprint density at radius 3 is 2.18 bits per heavy atom. The quantitative estimate of drug-likeness (QED) is 0.0900. The minimum atomic E-state index is -1.70. The van der Waals surface area contributed by atoms with E-state index in [0.29, 0.717) is 11.1 Å². The van der Waals surface area contributed by atoms with Gasteiger partial charge in [0, 0.05) is 17.9 Å². The van der Waals surface area contributed by atoms with Crippen molar-refractivity contribution in [2.24, 2.45) is 0 Å². The van der Waals surface area contributed by atoms with Crippen molar-refractivity contribution in [3.63, 3.8) is 0 Å². The molecule has 2 aliphatic rings. The van der Waals surface area contributed by atoms with Gasteiger partial charge in [0.2, 0.25) is 11.8 Å². The molecule has 5 rings (SSSR count). The number of ether oxygens (including phenoxy) is 2. The molecule has 2 saturated heterocycles. The number of esters is 2. The maximum Gasteiger partial charge on any atom is 0.333 e. The highest BCUT2D eigenvalue weighted by molar-refractivity contribution is 7.86. The summed E-state index contributed by atoms with van der Waals surface area (Å²) in [4.78, 5) is 64.4. The van der Waals surface area contributed by atoms with E-state index in [4.69, 9.17) is 9.47 Å². The zero-order chi connectivity index (χ0) is 31.4. The lowest BCUT2D eigenvalue weighted by Crippen LogP contribution is -2.77. The zero-order valence-corrected chi connectivity index (χ0v) is 24.0. The van der Waals surface area contributed by atoms with Crippen molar-refractivity contribution in [1.82, 2.24) is 10.2 Å². The number of amides is 2. The molecular formula is C31H27N3O9S. The van der Waals surface area contributed by atoms with Gasteiger partial charge in [-0.05, 0) is 34.4 Å². The molecular weight excluding hydrogens is 590 g/mol. The first-order chi connectivity index (χ1) is 21.2. The predicted molar refractivity (Wildman–Crippen MR) is 157 cm³/mol. The third-order valence-electron chi connectivity index (χ3n) is 7.25. The number of rotatable bonds is 10. The zero-order valence-electron chi connectivity index (χ0n) is 23.2. The van der Waals surface area contributed by atoms with E-state index in [-0.39, 0.29) is 30.2 Å². The van der Waals surface area contributed by atoms with Crippen LogP contribution in [0.3, 0.4) is 0 Å². The summed E-state index contributed by atoms with van der Waals surface area (Å²) in [6.07, 6.45) is 0. The normalized spacial score (nSPS) is 21.3. The van der Waals surface area contributed by atoms with Crippen LogP contribution in [0.2, 0.25) is 0 Å². The van der Waals surface area contributed by atoms with Gasteiger partial charge in [0.1, 0.15) is 24.6 Å². The van der Waals surface area contributed by atoms with Gasteiger partial charge in [-0.2, -0.15) is 0 Å². The number of hydrogen-bond acceptors (Lipinski definition) is 9. The van der Waals surface area contributed by atoms with Crippen LogP contribution in [0.25, 0.3) is 0 Å². The fourth-order valence-corrected chi connectivity index (χ4v) is 6.69. The molecule has 2 heterocycles. The van der Waals surface area contributed by atoms with Gasteiger partial charge in [0.25, 0.3) is 5.69 Å². The van der Waals surface area contributed by atoms with Gasteiger partial charge in [0.15, 0.2) is 12.0 Å². The summed E-state index contributed by atoms with van der Waals surface area (Å²) in [6.45, 7) is 3.53. The van der Waals surface area contributed by atoms with Gasteiger partial charge in [-0.15, -0.1) is 0 Å². The summed E-state index contributed by atoms with van der Waals surface area (Å²) in [7, 11) is -1.70. The molecule has 3 aromatic rings. The van der Waals surface area contributed by atoms with Crippen molar-refractivity contribution >= 4 is 40.2 Å². The molecule has 0 radical (unpaired) electrons. The molecule has 2 amide bonds. The highest BCUT2D eigenvalue weighted by atomic mass is 32.2. The fraction of sp³-hybridized carbons (Fsp3) is 0.226. The Morgan fingerprint density at radius 2 is 1.55 bits per heavy atom. The first kappa shape index (κ1) is 30.3. The van der Waals surface area contributed by atoms with Gasteiger partial charge in [-0.1, -0.05) is 67.2 Å². The second-order valence-electron chi connectivity index (χ2n) is 10.2. The number of nitrogens with one attached hydrogen (secondary N) is 1. The van der Waals surface area contributed by atoms with Crippen LogP contribution >= 0.6 is 0 Å². The summed E-state index contributed by atoms with van der Waals surface area (Å²) < 4.78 is 23.9. The number of β-lactam (4-membered cyclic amide) rings is 1. The van der Waals surface area contributed by atoms with Gasteiger partial charge >= 0.3 is 11.9 Å². The van der Waals surface area contributed by atoms with Crippen LogP contribution in [0, 0.1) is 10.1 Å². The average Bonchev–Trinajstić information content (AvgIpc) is 3.02. The van der Waals surface area contributed by atoms with E-state index >= 15 is 0 Å². The molecule has 13 heteroatoms. The van der Waals surface area contributed by atoms with Crippen molar-refractivity contribution in [3.05, 3.63) is 124 Å². The van der Waals surface area contributed by atoms with E-state index in [2.05, 4.69) is 11.9 Å². The van der Waals surface area contributed by atoms with E-state index in [1.807, 2.05) is 6.07 Å². The van der Waals surface area contributed by atoms with Crippen molar-refractivity contribution in [2.45, 2.75) is 36.6 Å². The van der Waals surface area contributed by atoms with Crippen molar-refractivity contribution in [2.75, 3.05) is 5.75 Å². The molecule has 0 aromatic heterocycles. The Morgan fingerprint density at radius 1 is 0.955 bits per heavy atom. The van der Waals surface area contributed by atoms with Gasteiger partial charge in [-0.3, -0.25) is 28.7 Å². The Hall–Kier alpha value is -5.17. The third-order valence-corrected chi connectivity index (χ3v) is 8.94. The fourth-order valence-electron chi connectivity index (χ4n) is 5.03. The number of hydrogen-bond donors (Lipinski definition) is 1. The second kappa shape index (κ2) is 13.0. The van der Waals surface area contributed by atoms with Crippen LogP contribution in [0.4, 0.5) is 5.69 Å². The Bertz CT molecular complexity index is 1630. The minimum absolute atomic E-state index is 0.0646. The summed E-state index contributed by atoms with van der Waals surface area (Å²) >= 11 is 0. The molecule has 1 N–H and O–H groups in total. The van der Waals surface area contributed by atoms with E-state index < -0.39 is 62.9 Å². The molecule has 44 heavy (non-hydrogen) atoms. The third kappa shape index (κ3) is 6.27. The lowest BCUT2D eigenvalue weighted by atomic mass is 9.95. The molecule has 5 atom stereocenters. The van der Waals surface area contributed by atoms with Crippen molar-refractivity contribution in [1.29, 1.82) is 0 Å². The van der Waals surface area contributed by atoms with E-state index in [1.54, 1.807) is 54.6 Å². The van der Waals surface area contributed by atoms with Crippen LogP contribution in [-0.4, -0.2) is 61.0 Å². The first-order valence-corrected chi connectivity index (χ1v) is 14.9. The molecule has 12 nitrogen and oxygen atoms in total. The molecule has 3 aromatic carbocycles. The lowest BCUT2D eigenvalue weighted by Gasteiger charge is -2.52. The van der Waals surface area contributed by atoms with Crippen LogP contribution in [0.5, 0.6) is 0 Å². The van der Waals surface area contributed by atoms with Gasteiger partial charge in [0.05, 0.1) is 15.7 Å². The first-order valence-electron chi connectivity index (χ1n) is 13.5. The highest BCUT2D eigenvalue weighted by Crippen LogP contribution is 2.35. The predicted octanol–water partition coefficient (Wildman–Crippen LogP) is 2.51. The Balaban J connectivity index is 1.27.